The SMILES string of the molecule is COc1cc(C(=O)NNC(=O)CC(C)(C)CC(=O)N2CCOCC2)cc(OC)c1OC. The third-order valence-corrected chi connectivity index (χ3v) is 4.88. The number of methoxy groups -OCH3 is 3. The first-order valence-electron chi connectivity index (χ1n) is 9.95. The number of carbonyl (C=O) groups is 3. The molecule has 1 aromatic rings. The molecule has 0 aromatic heterocycles. The third kappa shape index (κ3) is 6.74. The molecule has 0 aliphatic carbocycles. The van der Waals surface area contributed by atoms with E-state index in [2.05, 4.69) is 10.9 Å². The molecule has 2 rings (SSSR count). The smallest absolute Gasteiger partial charge is 0.269 e. The van der Waals surface area contributed by atoms with Gasteiger partial charge in [0, 0.05) is 31.5 Å². The summed E-state index contributed by atoms with van der Waals surface area (Å²) in [4.78, 5) is 39.0. The zero-order chi connectivity index (χ0) is 23.0. The summed E-state index contributed by atoms with van der Waals surface area (Å²) in [5, 5.41) is 0. The zero-order valence-corrected chi connectivity index (χ0v) is 18.7. The van der Waals surface area contributed by atoms with Crippen LogP contribution in [-0.2, 0) is 14.3 Å². The second-order valence-electron chi connectivity index (χ2n) is 7.93. The summed E-state index contributed by atoms with van der Waals surface area (Å²) < 4.78 is 21.0. The van der Waals surface area contributed by atoms with Crippen LogP contribution in [-0.4, -0.2) is 70.3 Å². The van der Waals surface area contributed by atoms with E-state index < -0.39 is 17.2 Å². The van der Waals surface area contributed by atoms with E-state index in [9.17, 15) is 14.4 Å². The monoisotopic (exact) mass is 437 g/mol. The quantitative estimate of drug-likeness (QED) is 0.586. The maximum Gasteiger partial charge on any atom is 0.269 e. The van der Waals surface area contributed by atoms with E-state index >= 15 is 0 Å². The van der Waals surface area contributed by atoms with Gasteiger partial charge >= 0.3 is 0 Å². The lowest BCUT2D eigenvalue weighted by Gasteiger charge is -2.31. The molecule has 172 valence electrons. The van der Waals surface area contributed by atoms with Crippen LogP contribution in [0.4, 0.5) is 0 Å². The first kappa shape index (κ1) is 24.3. The summed E-state index contributed by atoms with van der Waals surface area (Å²) in [6, 6.07) is 2.96. The molecule has 0 bridgehead atoms. The Hall–Kier alpha value is -3.01. The highest BCUT2D eigenvalue weighted by molar-refractivity contribution is 5.96. The highest BCUT2D eigenvalue weighted by atomic mass is 16.5. The van der Waals surface area contributed by atoms with E-state index in [0.717, 1.165) is 0 Å². The number of carbonyl (C=O) groups excluding carboxylic acids is 3. The van der Waals surface area contributed by atoms with Gasteiger partial charge in [0.2, 0.25) is 17.6 Å². The van der Waals surface area contributed by atoms with E-state index in [0.29, 0.717) is 43.6 Å². The lowest BCUT2D eigenvalue weighted by atomic mass is 9.85. The molecule has 1 fully saturated rings. The molecule has 1 aliphatic heterocycles. The Morgan fingerprint density at radius 1 is 0.968 bits per heavy atom. The predicted octanol–water partition coefficient (Wildman–Crippen LogP) is 1.14. The van der Waals surface area contributed by atoms with Gasteiger partial charge in [0.15, 0.2) is 11.5 Å². The fourth-order valence-electron chi connectivity index (χ4n) is 3.29. The van der Waals surface area contributed by atoms with Crippen molar-refractivity contribution in [1.82, 2.24) is 15.8 Å². The van der Waals surface area contributed by atoms with Crippen LogP contribution in [0, 0.1) is 5.41 Å². The fourth-order valence-corrected chi connectivity index (χ4v) is 3.29. The number of nitrogens with zero attached hydrogens (tertiary/aromatic N) is 1. The second-order valence-corrected chi connectivity index (χ2v) is 7.93. The lowest BCUT2D eigenvalue weighted by molar-refractivity contribution is -0.138. The van der Waals surface area contributed by atoms with E-state index in [1.807, 2.05) is 13.8 Å². The van der Waals surface area contributed by atoms with Crippen LogP contribution in [0.5, 0.6) is 17.2 Å². The summed E-state index contributed by atoms with van der Waals surface area (Å²) >= 11 is 0. The first-order valence-corrected chi connectivity index (χ1v) is 9.95. The van der Waals surface area contributed by atoms with E-state index in [-0.39, 0.29) is 24.3 Å². The molecular weight excluding hydrogens is 406 g/mol. The van der Waals surface area contributed by atoms with Crippen molar-refractivity contribution in [2.75, 3.05) is 47.6 Å². The number of rotatable bonds is 8. The summed E-state index contributed by atoms with van der Waals surface area (Å²) in [6.45, 7) is 5.86. The summed E-state index contributed by atoms with van der Waals surface area (Å²) in [5.74, 6) is 0.0392. The third-order valence-electron chi connectivity index (χ3n) is 4.88. The molecule has 0 unspecified atom stereocenters. The van der Waals surface area contributed by atoms with Crippen molar-refractivity contribution in [1.29, 1.82) is 0 Å². The Morgan fingerprint density at radius 3 is 2.06 bits per heavy atom. The molecule has 10 nitrogen and oxygen atoms in total. The molecule has 31 heavy (non-hydrogen) atoms. The number of hydrazine groups is 1. The molecule has 1 aliphatic rings. The number of benzene rings is 1. The Kier molecular flexibility index (Phi) is 8.49. The van der Waals surface area contributed by atoms with Crippen LogP contribution in [0.2, 0.25) is 0 Å². The Labute approximate surface area is 182 Å². The van der Waals surface area contributed by atoms with Crippen molar-refractivity contribution in [3.8, 4) is 17.2 Å². The van der Waals surface area contributed by atoms with Crippen molar-refractivity contribution in [2.45, 2.75) is 26.7 Å². The molecule has 0 radical (unpaired) electrons. The number of hydrogen-bond acceptors (Lipinski definition) is 7. The van der Waals surface area contributed by atoms with Crippen molar-refractivity contribution in [2.24, 2.45) is 5.41 Å². The average Bonchev–Trinajstić information content (AvgIpc) is 2.76. The van der Waals surface area contributed by atoms with Gasteiger partial charge in [-0.1, -0.05) is 13.8 Å². The number of amides is 3. The van der Waals surface area contributed by atoms with Crippen LogP contribution in [0.25, 0.3) is 0 Å². The summed E-state index contributed by atoms with van der Waals surface area (Å²) in [5.41, 5.74) is 4.42. The molecular formula is C21H31N3O7. The number of nitrogens with one attached hydrogen (secondary N) is 2. The largest absolute Gasteiger partial charge is 0.493 e. The van der Waals surface area contributed by atoms with E-state index in [1.165, 1.54) is 33.5 Å². The Bertz CT molecular complexity index is 779. The minimum absolute atomic E-state index is 0.0115. The van der Waals surface area contributed by atoms with Gasteiger partial charge < -0.3 is 23.8 Å². The second kappa shape index (κ2) is 10.9. The van der Waals surface area contributed by atoms with E-state index in [1.54, 1.807) is 4.90 Å². The topological polar surface area (TPSA) is 115 Å². The number of morpholine rings is 1. The molecule has 1 aromatic carbocycles. The van der Waals surface area contributed by atoms with Crippen LogP contribution < -0.4 is 25.1 Å². The molecule has 10 heteroatoms. The standard InChI is InChI=1S/C21H31N3O7/c1-21(2,13-18(26)24-6-8-31-9-7-24)12-17(25)22-23-20(27)14-10-15(28-3)19(30-5)16(11-14)29-4/h10-11H,6-9,12-13H2,1-5H3,(H,22,25)(H,23,27). The minimum Gasteiger partial charge on any atom is -0.493 e. The van der Waals surface area contributed by atoms with Gasteiger partial charge in [-0.3, -0.25) is 25.2 Å². The van der Waals surface area contributed by atoms with Crippen molar-refractivity contribution < 1.29 is 33.3 Å². The highest BCUT2D eigenvalue weighted by Gasteiger charge is 2.29. The van der Waals surface area contributed by atoms with E-state index in [4.69, 9.17) is 18.9 Å². The molecule has 1 saturated heterocycles. The van der Waals surface area contributed by atoms with Gasteiger partial charge in [0.1, 0.15) is 0 Å². The van der Waals surface area contributed by atoms with Crippen molar-refractivity contribution in [3.05, 3.63) is 17.7 Å². The molecule has 1 heterocycles. The molecule has 0 saturated carbocycles. The Morgan fingerprint density at radius 2 is 1.55 bits per heavy atom. The molecule has 0 spiro atoms. The van der Waals surface area contributed by atoms with Gasteiger partial charge in [-0.2, -0.15) is 0 Å². The molecule has 3 amide bonds. The highest BCUT2D eigenvalue weighted by Crippen LogP contribution is 2.38. The van der Waals surface area contributed by atoms with Crippen molar-refractivity contribution >= 4 is 17.7 Å². The molecule has 0 atom stereocenters. The van der Waals surface area contributed by atoms with Crippen LogP contribution >= 0.6 is 0 Å². The normalized spacial score (nSPS) is 13.9. The van der Waals surface area contributed by atoms with Crippen LogP contribution in [0.15, 0.2) is 12.1 Å². The number of hydrogen-bond donors (Lipinski definition) is 2. The maximum absolute atomic E-state index is 12.5. The zero-order valence-electron chi connectivity index (χ0n) is 18.7. The minimum atomic E-state index is -0.573. The van der Waals surface area contributed by atoms with Gasteiger partial charge in [-0.15, -0.1) is 0 Å². The fraction of sp³-hybridized carbons (Fsp3) is 0.571. The Balaban J connectivity index is 1.92. The average molecular weight is 437 g/mol. The lowest BCUT2D eigenvalue weighted by Crippen LogP contribution is -2.45. The van der Waals surface area contributed by atoms with Crippen LogP contribution in [0.3, 0.4) is 0 Å². The summed E-state index contributed by atoms with van der Waals surface area (Å²) in [7, 11) is 4.36. The maximum atomic E-state index is 12.5. The van der Waals surface area contributed by atoms with Gasteiger partial charge in [0.25, 0.3) is 5.91 Å². The summed E-state index contributed by atoms with van der Waals surface area (Å²) in [6.07, 6.45) is 0.292. The van der Waals surface area contributed by atoms with Gasteiger partial charge in [-0.05, 0) is 17.5 Å². The van der Waals surface area contributed by atoms with Gasteiger partial charge in [-0.25, -0.2) is 0 Å². The van der Waals surface area contributed by atoms with Crippen LogP contribution in [0.1, 0.15) is 37.0 Å². The first-order chi connectivity index (χ1) is 14.7. The predicted molar refractivity (Wildman–Crippen MR) is 112 cm³/mol. The molecule has 2 N–H and O–H groups in total. The van der Waals surface area contributed by atoms with Gasteiger partial charge in [0.05, 0.1) is 34.5 Å². The van der Waals surface area contributed by atoms with Crippen molar-refractivity contribution in [3.63, 3.8) is 0 Å². The number of ether oxygens (including phenoxy) is 4.